The van der Waals surface area contributed by atoms with Crippen LogP contribution in [-0.2, 0) is 14.8 Å². The minimum Gasteiger partial charge on any atom is -0.487 e. The van der Waals surface area contributed by atoms with Gasteiger partial charge in [-0.25, -0.2) is 8.42 Å². The summed E-state index contributed by atoms with van der Waals surface area (Å²) in [6, 6.07) is 12.1. The maximum Gasteiger partial charge on any atom is 0.264 e. The van der Waals surface area contributed by atoms with Crippen LogP contribution in [0.5, 0.6) is 5.75 Å². The number of carbonyl (C=O) groups is 1. The number of hydrogen-bond acceptors (Lipinski definition) is 4. The van der Waals surface area contributed by atoms with Crippen molar-refractivity contribution in [3.8, 4) is 5.75 Å². The van der Waals surface area contributed by atoms with E-state index < -0.39 is 10.0 Å². The van der Waals surface area contributed by atoms with E-state index in [1.54, 1.807) is 24.0 Å². The molecule has 0 fully saturated rings. The molecule has 144 valence electrons. The molecular formula is C20H24N2O4S. The lowest BCUT2D eigenvalue weighted by atomic mass is 10.2. The molecule has 1 unspecified atom stereocenters. The van der Waals surface area contributed by atoms with Gasteiger partial charge in [0.25, 0.3) is 10.0 Å². The molecule has 0 saturated carbocycles. The van der Waals surface area contributed by atoms with Crippen LogP contribution in [0.4, 0.5) is 11.4 Å². The van der Waals surface area contributed by atoms with Crippen molar-refractivity contribution in [3.05, 3.63) is 48.0 Å². The highest BCUT2D eigenvalue weighted by Crippen LogP contribution is 2.36. The van der Waals surface area contributed by atoms with Crippen molar-refractivity contribution in [3.63, 3.8) is 0 Å². The Morgan fingerprint density at radius 3 is 2.63 bits per heavy atom. The lowest BCUT2D eigenvalue weighted by Gasteiger charge is -2.33. The molecule has 2 aromatic rings. The number of fused-ring (bicyclic) bond motifs is 1. The second kappa shape index (κ2) is 7.23. The number of sulfonamides is 1. The van der Waals surface area contributed by atoms with Crippen LogP contribution in [0.2, 0.25) is 0 Å². The summed E-state index contributed by atoms with van der Waals surface area (Å²) in [5.41, 5.74) is 2.09. The third kappa shape index (κ3) is 3.64. The van der Waals surface area contributed by atoms with E-state index in [1.165, 1.54) is 23.4 Å². The first-order valence-corrected chi connectivity index (χ1v) is 10.4. The number of aryl methyl sites for hydroxylation is 1. The average molecular weight is 388 g/mol. The molecule has 1 aliphatic heterocycles. The highest BCUT2D eigenvalue weighted by molar-refractivity contribution is 7.92. The molecule has 27 heavy (non-hydrogen) atoms. The van der Waals surface area contributed by atoms with Crippen molar-refractivity contribution >= 4 is 27.3 Å². The predicted octanol–water partition coefficient (Wildman–Crippen LogP) is 3.34. The quantitative estimate of drug-likeness (QED) is 0.806. The van der Waals surface area contributed by atoms with Gasteiger partial charge in [0.1, 0.15) is 11.9 Å². The number of amides is 1. The van der Waals surface area contributed by atoms with Crippen LogP contribution in [0.15, 0.2) is 47.4 Å². The predicted molar refractivity (Wildman–Crippen MR) is 106 cm³/mol. The van der Waals surface area contributed by atoms with E-state index in [-0.39, 0.29) is 16.9 Å². The van der Waals surface area contributed by atoms with Crippen molar-refractivity contribution in [1.29, 1.82) is 0 Å². The van der Waals surface area contributed by atoms with Crippen molar-refractivity contribution in [2.45, 2.75) is 38.7 Å². The van der Waals surface area contributed by atoms with Gasteiger partial charge in [0, 0.05) is 13.5 Å². The van der Waals surface area contributed by atoms with Crippen LogP contribution in [0, 0.1) is 6.92 Å². The maximum atomic E-state index is 13.3. The maximum absolute atomic E-state index is 13.3. The Morgan fingerprint density at radius 1 is 1.26 bits per heavy atom. The Morgan fingerprint density at radius 2 is 2.00 bits per heavy atom. The molecular weight excluding hydrogens is 364 g/mol. The van der Waals surface area contributed by atoms with Gasteiger partial charge in [-0.3, -0.25) is 9.10 Å². The van der Waals surface area contributed by atoms with Gasteiger partial charge in [0.15, 0.2) is 0 Å². The summed E-state index contributed by atoms with van der Waals surface area (Å²) in [4.78, 5) is 13.7. The zero-order chi connectivity index (χ0) is 19.8. The van der Waals surface area contributed by atoms with Crippen LogP contribution < -0.4 is 13.9 Å². The standard InChI is InChI=1S/C20H24N2O4S/c1-5-22(17-8-6-7-14(2)11-17)27(24,25)18-9-10-20-19(12-18)21(16(4)23)13-15(3)26-20/h6-12,15H,5,13H2,1-4H3. The molecule has 0 spiro atoms. The van der Waals surface area contributed by atoms with Crippen LogP contribution >= 0.6 is 0 Å². The van der Waals surface area contributed by atoms with E-state index in [0.717, 1.165) is 5.56 Å². The normalized spacial score (nSPS) is 16.4. The monoisotopic (exact) mass is 388 g/mol. The Kier molecular flexibility index (Phi) is 5.15. The number of anilines is 2. The Labute approximate surface area is 160 Å². The van der Waals surface area contributed by atoms with E-state index in [2.05, 4.69) is 0 Å². The SMILES string of the molecule is CCN(c1cccc(C)c1)S(=O)(=O)c1ccc2c(c1)N(C(C)=O)CC(C)O2. The minimum absolute atomic E-state index is 0.133. The lowest BCUT2D eigenvalue weighted by molar-refractivity contribution is -0.117. The lowest BCUT2D eigenvalue weighted by Crippen LogP contribution is -2.41. The van der Waals surface area contributed by atoms with Gasteiger partial charge in [-0.2, -0.15) is 0 Å². The molecule has 3 rings (SSSR count). The molecule has 7 heteroatoms. The fourth-order valence-corrected chi connectivity index (χ4v) is 4.76. The first-order valence-electron chi connectivity index (χ1n) is 8.92. The van der Waals surface area contributed by atoms with Crippen LogP contribution in [0.1, 0.15) is 26.3 Å². The highest BCUT2D eigenvalue weighted by Gasteiger charge is 2.30. The number of benzene rings is 2. The fraction of sp³-hybridized carbons (Fsp3) is 0.350. The molecule has 0 N–H and O–H groups in total. The summed E-state index contributed by atoms with van der Waals surface area (Å²) in [5.74, 6) is 0.369. The summed E-state index contributed by atoms with van der Waals surface area (Å²) in [7, 11) is -3.78. The number of nitrogens with zero attached hydrogens (tertiary/aromatic N) is 2. The topological polar surface area (TPSA) is 66.9 Å². The fourth-order valence-electron chi connectivity index (χ4n) is 3.28. The van der Waals surface area contributed by atoms with E-state index >= 15 is 0 Å². The third-order valence-corrected chi connectivity index (χ3v) is 6.43. The van der Waals surface area contributed by atoms with Crippen LogP contribution in [0.25, 0.3) is 0 Å². The van der Waals surface area contributed by atoms with Crippen LogP contribution in [-0.4, -0.2) is 33.5 Å². The van der Waals surface area contributed by atoms with Gasteiger partial charge in [0.05, 0.1) is 22.8 Å². The number of carbonyl (C=O) groups excluding carboxylic acids is 1. The molecule has 1 aliphatic rings. The Hall–Kier alpha value is -2.54. The van der Waals surface area contributed by atoms with Crippen molar-refractivity contribution < 1.29 is 17.9 Å². The highest BCUT2D eigenvalue weighted by atomic mass is 32.2. The molecule has 1 amide bonds. The van der Waals surface area contributed by atoms with Gasteiger partial charge in [-0.05, 0) is 56.7 Å². The summed E-state index contributed by atoms with van der Waals surface area (Å²) >= 11 is 0. The zero-order valence-electron chi connectivity index (χ0n) is 16.0. The molecule has 0 bridgehead atoms. The molecule has 0 aliphatic carbocycles. The van der Waals surface area contributed by atoms with Gasteiger partial charge in [-0.1, -0.05) is 12.1 Å². The molecule has 0 radical (unpaired) electrons. The molecule has 0 saturated heterocycles. The number of ether oxygens (including phenoxy) is 1. The van der Waals surface area contributed by atoms with Crippen molar-refractivity contribution in [1.82, 2.24) is 0 Å². The second-order valence-electron chi connectivity index (χ2n) is 6.70. The molecule has 1 atom stereocenters. The Balaban J connectivity index is 2.07. The van der Waals surface area contributed by atoms with Gasteiger partial charge >= 0.3 is 0 Å². The van der Waals surface area contributed by atoms with Gasteiger partial charge in [0.2, 0.25) is 5.91 Å². The summed E-state index contributed by atoms with van der Waals surface area (Å²) in [5, 5.41) is 0. The molecule has 1 heterocycles. The first kappa shape index (κ1) is 19.2. The van der Waals surface area contributed by atoms with E-state index in [9.17, 15) is 13.2 Å². The zero-order valence-corrected chi connectivity index (χ0v) is 16.8. The van der Waals surface area contributed by atoms with Gasteiger partial charge in [-0.15, -0.1) is 0 Å². The Bertz CT molecular complexity index is 972. The molecule has 0 aromatic heterocycles. The van der Waals surface area contributed by atoms with Gasteiger partial charge < -0.3 is 9.64 Å². The second-order valence-corrected chi connectivity index (χ2v) is 8.56. The molecule has 2 aromatic carbocycles. The summed E-state index contributed by atoms with van der Waals surface area (Å²) in [6.45, 7) is 7.75. The van der Waals surface area contributed by atoms with E-state index in [1.807, 2.05) is 32.0 Å². The average Bonchev–Trinajstić information content (AvgIpc) is 2.60. The van der Waals surface area contributed by atoms with E-state index in [4.69, 9.17) is 4.74 Å². The summed E-state index contributed by atoms with van der Waals surface area (Å²) in [6.07, 6.45) is -0.150. The van der Waals surface area contributed by atoms with Crippen molar-refractivity contribution in [2.75, 3.05) is 22.3 Å². The van der Waals surface area contributed by atoms with Crippen LogP contribution in [0.3, 0.4) is 0 Å². The number of hydrogen-bond donors (Lipinski definition) is 0. The van der Waals surface area contributed by atoms with Crippen molar-refractivity contribution in [2.24, 2.45) is 0 Å². The number of rotatable bonds is 4. The first-order chi connectivity index (χ1) is 12.7. The summed E-state index contributed by atoms with van der Waals surface area (Å²) < 4.78 is 33.7. The smallest absolute Gasteiger partial charge is 0.264 e. The van der Waals surface area contributed by atoms with E-state index in [0.29, 0.717) is 30.2 Å². The minimum atomic E-state index is -3.78. The largest absolute Gasteiger partial charge is 0.487 e. The molecule has 6 nitrogen and oxygen atoms in total. The third-order valence-electron chi connectivity index (χ3n) is 4.53.